The molecule has 0 fully saturated rings. The number of aryl methyl sites for hydroxylation is 2. The number of carbonyl (C=O) groups is 1. The van der Waals surface area contributed by atoms with Gasteiger partial charge in [-0.1, -0.05) is 63.1 Å². The predicted octanol–water partition coefficient (Wildman–Crippen LogP) is 5.17. The molecule has 0 radical (unpaired) electrons. The molecule has 2 aromatic carbocycles. The second-order valence-corrected chi connectivity index (χ2v) is 7.26. The first-order chi connectivity index (χ1) is 12.9. The van der Waals surface area contributed by atoms with E-state index in [-0.39, 0.29) is 11.5 Å². The van der Waals surface area contributed by atoms with E-state index in [0.717, 1.165) is 36.8 Å². The highest BCUT2D eigenvalue weighted by Gasteiger charge is 2.42. The molecule has 2 rings (SSSR count). The van der Waals surface area contributed by atoms with Crippen molar-refractivity contribution >= 4 is 5.97 Å². The number of carboxylic acid groups (broad SMARTS) is 1. The number of phenols is 2. The lowest BCUT2D eigenvalue weighted by molar-refractivity contribution is -0.141. The molecule has 3 N–H and O–H groups in total. The van der Waals surface area contributed by atoms with Gasteiger partial charge in [0.2, 0.25) is 0 Å². The lowest BCUT2D eigenvalue weighted by Gasteiger charge is -2.29. The SMILES string of the molecule is CCCCc1cccc(C(C)(C(=O)O)c2cccc(CCCC)c2O)c1O. The van der Waals surface area contributed by atoms with E-state index >= 15 is 0 Å². The van der Waals surface area contributed by atoms with Crippen molar-refractivity contribution in [2.45, 2.75) is 64.7 Å². The largest absolute Gasteiger partial charge is 0.507 e. The minimum atomic E-state index is -1.54. The summed E-state index contributed by atoms with van der Waals surface area (Å²) in [7, 11) is 0. The van der Waals surface area contributed by atoms with E-state index in [0.29, 0.717) is 24.0 Å². The number of unbranched alkanes of at least 4 members (excludes halogenated alkanes) is 2. The van der Waals surface area contributed by atoms with E-state index in [1.807, 2.05) is 12.1 Å². The van der Waals surface area contributed by atoms with Crippen LogP contribution in [0.2, 0.25) is 0 Å². The normalized spacial score (nSPS) is 11.5. The summed E-state index contributed by atoms with van der Waals surface area (Å²) in [5.41, 5.74) is 0.559. The highest BCUT2D eigenvalue weighted by Crippen LogP contribution is 2.43. The minimum absolute atomic E-state index is 0.00853. The number of hydrogen-bond donors (Lipinski definition) is 3. The summed E-state index contributed by atoms with van der Waals surface area (Å²) in [6, 6.07) is 10.5. The summed E-state index contributed by atoms with van der Waals surface area (Å²) in [5.74, 6) is -1.09. The molecule has 0 aliphatic carbocycles. The summed E-state index contributed by atoms with van der Waals surface area (Å²) in [6.07, 6.45) is 5.18. The highest BCUT2D eigenvalue weighted by molar-refractivity contribution is 5.88. The van der Waals surface area contributed by atoms with Crippen molar-refractivity contribution < 1.29 is 20.1 Å². The molecule has 0 spiro atoms. The summed E-state index contributed by atoms with van der Waals surface area (Å²) < 4.78 is 0. The van der Waals surface area contributed by atoms with Gasteiger partial charge in [0, 0.05) is 11.1 Å². The maximum Gasteiger partial charge on any atom is 0.318 e. The molecule has 0 aliphatic heterocycles. The third-order valence-electron chi connectivity index (χ3n) is 5.34. The van der Waals surface area contributed by atoms with Crippen molar-refractivity contribution in [2.24, 2.45) is 0 Å². The van der Waals surface area contributed by atoms with Crippen LogP contribution in [0.5, 0.6) is 11.5 Å². The minimum Gasteiger partial charge on any atom is -0.507 e. The number of rotatable bonds is 9. The molecule has 0 atom stereocenters. The zero-order chi connectivity index (χ0) is 20.0. The highest BCUT2D eigenvalue weighted by atomic mass is 16.4. The molecule has 0 aliphatic rings. The monoisotopic (exact) mass is 370 g/mol. The van der Waals surface area contributed by atoms with Gasteiger partial charge < -0.3 is 15.3 Å². The van der Waals surface area contributed by atoms with Crippen LogP contribution in [0.1, 0.15) is 68.7 Å². The van der Waals surface area contributed by atoms with Crippen molar-refractivity contribution in [3.8, 4) is 11.5 Å². The molecule has 0 heterocycles. The van der Waals surface area contributed by atoms with Gasteiger partial charge in [0.25, 0.3) is 0 Å². The van der Waals surface area contributed by atoms with Gasteiger partial charge in [-0.3, -0.25) is 4.79 Å². The molecule has 4 heteroatoms. The molecule has 0 bridgehead atoms. The van der Waals surface area contributed by atoms with Gasteiger partial charge in [0.1, 0.15) is 16.9 Å². The maximum atomic E-state index is 12.4. The van der Waals surface area contributed by atoms with Gasteiger partial charge in [0.15, 0.2) is 0 Å². The molecule has 0 saturated heterocycles. The third kappa shape index (κ3) is 4.10. The Kier molecular flexibility index (Phi) is 6.89. The molecule has 0 unspecified atom stereocenters. The summed E-state index contributed by atoms with van der Waals surface area (Å²) in [6.45, 7) is 5.69. The molecule has 0 aromatic heterocycles. The number of para-hydroxylation sites is 2. The first-order valence-corrected chi connectivity index (χ1v) is 9.73. The van der Waals surface area contributed by atoms with Crippen LogP contribution in [0.3, 0.4) is 0 Å². The second kappa shape index (κ2) is 8.94. The van der Waals surface area contributed by atoms with Gasteiger partial charge in [0.05, 0.1) is 0 Å². The molecular weight excluding hydrogens is 340 g/mol. The van der Waals surface area contributed by atoms with Crippen molar-refractivity contribution in [1.82, 2.24) is 0 Å². The van der Waals surface area contributed by atoms with Crippen LogP contribution in [0.4, 0.5) is 0 Å². The van der Waals surface area contributed by atoms with Crippen LogP contribution < -0.4 is 0 Å². The van der Waals surface area contributed by atoms with Crippen LogP contribution >= 0.6 is 0 Å². The fraction of sp³-hybridized carbons (Fsp3) is 0.435. The lowest BCUT2D eigenvalue weighted by Crippen LogP contribution is -2.34. The van der Waals surface area contributed by atoms with Crippen molar-refractivity contribution in [3.63, 3.8) is 0 Å². The summed E-state index contributed by atoms with van der Waals surface area (Å²) in [5, 5.41) is 31.7. The van der Waals surface area contributed by atoms with E-state index in [9.17, 15) is 20.1 Å². The molecular formula is C23H30O4. The fourth-order valence-corrected chi connectivity index (χ4v) is 3.50. The Morgan fingerprint density at radius 1 is 0.852 bits per heavy atom. The molecule has 4 nitrogen and oxygen atoms in total. The molecule has 27 heavy (non-hydrogen) atoms. The molecule has 146 valence electrons. The lowest BCUT2D eigenvalue weighted by atomic mass is 9.74. The Hall–Kier alpha value is -2.49. The number of hydrogen-bond acceptors (Lipinski definition) is 3. The molecule has 0 amide bonds. The fourth-order valence-electron chi connectivity index (χ4n) is 3.50. The summed E-state index contributed by atoms with van der Waals surface area (Å²) in [4.78, 5) is 12.4. The van der Waals surface area contributed by atoms with Gasteiger partial charge in [-0.05, 0) is 43.7 Å². The van der Waals surface area contributed by atoms with Gasteiger partial charge >= 0.3 is 5.97 Å². The average molecular weight is 370 g/mol. The Balaban J connectivity index is 2.62. The van der Waals surface area contributed by atoms with Gasteiger partial charge in [-0.2, -0.15) is 0 Å². The number of carboxylic acids is 1. The Bertz CT molecular complexity index is 737. The molecule has 0 saturated carbocycles. The number of aliphatic carboxylic acids is 1. The van der Waals surface area contributed by atoms with Crippen molar-refractivity contribution in [1.29, 1.82) is 0 Å². The molecule has 2 aromatic rings. The zero-order valence-corrected chi connectivity index (χ0v) is 16.5. The Labute approximate surface area is 161 Å². The van der Waals surface area contributed by atoms with Crippen molar-refractivity contribution in [3.05, 3.63) is 58.7 Å². The zero-order valence-electron chi connectivity index (χ0n) is 16.5. The van der Waals surface area contributed by atoms with E-state index in [1.54, 1.807) is 31.2 Å². The van der Waals surface area contributed by atoms with Gasteiger partial charge in [-0.15, -0.1) is 0 Å². The van der Waals surface area contributed by atoms with Crippen LogP contribution in [-0.2, 0) is 23.1 Å². The maximum absolute atomic E-state index is 12.4. The summed E-state index contributed by atoms with van der Waals surface area (Å²) >= 11 is 0. The van der Waals surface area contributed by atoms with Crippen LogP contribution in [-0.4, -0.2) is 21.3 Å². The second-order valence-electron chi connectivity index (χ2n) is 7.26. The van der Waals surface area contributed by atoms with E-state index in [1.165, 1.54) is 0 Å². The van der Waals surface area contributed by atoms with Gasteiger partial charge in [-0.25, -0.2) is 0 Å². The van der Waals surface area contributed by atoms with Crippen LogP contribution in [0, 0.1) is 0 Å². The van der Waals surface area contributed by atoms with Crippen LogP contribution in [0.15, 0.2) is 36.4 Å². The first-order valence-electron chi connectivity index (χ1n) is 9.73. The third-order valence-corrected chi connectivity index (χ3v) is 5.34. The predicted molar refractivity (Wildman–Crippen MR) is 108 cm³/mol. The number of aromatic hydroxyl groups is 2. The average Bonchev–Trinajstić information content (AvgIpc) is 2.65. The quantitative estimate of drug-likeness (QED) is 0.569. The standard InChI is InChI=1S/C23H30O4/c1-4-6-10-16-12-8-14-18(20(16)24)23(3,22(26)27)19-15-9-13-17(21(19)25)11-7-5-2/h8-9,12-15,24-25H,4-7,10-11H2,1-3H3,(H,26,27). The van der Waals surface area contributed by atoms with Crippen LogP contribution in [0.25, 0.3) is 0 Å². The Morgan fingerprint density at radius 3 is 1.59 bits per heavy atom. The van der Waals surface area contributed by atoms with E-state index in [4.69, 9.17) is 0 Å². The number of phenolic OH excluding ortho intramolecular Hbond substituents is 2. The van der Waals surface area contributed by atoms with E-state index in [2.05, 4.69) is 13.8 Å². The smallest absolute Gasteiger partial charge is 0.318 e. The Morgan fingerprint density at radius 2 is 1.26 bits per heavy atom. The topological polar surface area (TPSA) is 77.8 Å². The van der Waals surface area contributed by atoms with E-state index < -0.39 is 11.4 Å². The number of benzene rings is 2. The first kappa shape index (κ1) is 20.8. The van der Waals surface area contributed by atoms with Crippen molar-refractivity contribution in [2.75, 3.05) is 0 Å².